The zero-order valence-electron chi connectivity index (χ0n) is 14.9. The van der Waals surface area contributed by atoms with E-state index in [-0.39, 0.29) is 11.8 Å². The molecule has 0 aliphatic carbocycles. The molecule has 1 fully saturated rings. The number of hydrogen-bond donors (Lipinski definition) is 3. The summed E-state index contributed by atoms with van der Waals surface area (Å²) in [7, 11) is 0. The number of rotatable bonds is 4. The van der Waals surface area contributed by atoms with Gasteiger partial charge in [0.1, 0.15) is 17.6 Å². The zero-order chi connectivity index (χ0) is 18.8. The SMILES string of the molecule is Cc1[nH]c(-c2ccccc2)nc1C(=O)N1CCNC(=O)[C@@H]1Cc1cnc[nH]1. The first-order chi connectivity index (χ1) is 13.1. The van der Waals surface area contributed by atoms with Gasteiger partial charge in [0.2, 0.25) is 5.91 Å². The van der Waals surface area contributed by atoms with Gasteiger partial charge in [-0.1, -0.05) is 30.3 Å². The van der Waals surface area contributed by atoms with E-state index in [1.165, 1.54) is 0 Å². The highest BCUT2D eigenvalue weighted by Crippen LogP contribution is 2.20. The van der Waals surface area contributed by atoms with Gasteiger partial charge >= 0.3 is 0 Å². The Morgan fingerprint density at radius 3 is 2.85 bits per heavy atom. The molecule has 1 aromatic carbocycles. The number of aromatic nitrogens is 4. The van der Waals surface area contributed by atoms with Gasteiger partial charge in [-0.05, 0) is 6.92 Å². The number of aryl methyl sites for hydroxylation is 1. The normalized spacial score (nSPS) is 17.0. The number of nitrogens with zero attached hydrogens (tertiary/aromatic N) is 3. The third-order valence-corrected chi connectivity index (χ3v) is 4.69. The molecule has 3 aromatic rings. The Bertz CT molecular complexity index is 948. The minimum absolute atomic E-state index is 0.166. The molecule has 1 aliphatic rings. The summed E-state index contributed by atoms with van der Waals surface area (Å²) >= 11 is 0. The highest BCUT2D eigenvalue weighted by Gasteiger charge is 2.35. The summed E-state index contributed by atoms with van der Waals surface area (Å²) in [5.41, 5.74) is 2.74. The van der Waals surface area contributed by atoms with Crippen LogP contribution in [0.1, 0.15) is 21.9 Å². The van der Waals surface area contributed by atoms with Gasteiger partial charge in [-0.2, -0.15) is 0 Å². The van der Waals surface area contributed by atoms with Crippen LogP contribution in [-0.4, -0.2) is 55.8 Å². The number of H-pyrrole nitrogens is 2. The molecule has 4 rings (SSSR count). The molecule has 2 amide bonds. The second-order valence-corrected chi connectivity index (χ2v) is 6.51. The maximum Gasteiger partial charge on any atom is 0.275 e. The van der Waals surface area contributed by atoms with Gasteiger partial charge in [-0.3, -0.25) is 9.59 Å². The van der Waals surface area contributed by atoms with Crippen molar-refractivity contribution >= 4 is 11.8 Å². The summed E-state index contributed by atoms with van der Waals surface area (Å²) in [6.45, 7) is 2.69. The van der Waals surface area contributed by atoms with Crippen molar-refractivity contribution < 1.29 is 9.59 Å². The standard InChI is InChI=1S/C19H20N6O2/c1-12-16(24-17(23-12)13-5-3-2-4-6-13)19(27)25-8-7-21-18(26)15(25)9-14-10-20-11-22-14/h2-6,10-11,15H,7-9H2,1H3,(H,20,22)(H,21,26)(H,23,24)/t15-/m0/s1. The van der Waals surface area contributed by atoms with Crippen LogP contribution in [0.25, 0.3) is 11.4 Å². The number of piperazine rings is 1. The molecule has 1 aliphatic heterocycles. The number of carbonyl (C=O) groups is 2. The van der Waals surface area contributed by atoms with Crippen LogP contribution in [0.15, 0.2) is 42.9 Å². The van der Waals surface area contributed by atoms with Gasteiger partial charge in [-0.15, -0.1) is 0 Å². The summed E-state index contributed by atoms with van der Waals surface area (Å²) in [4.78, 5) is 41.9. The van der Waals surface area contributed by atoms with E-state index in [2.05, 4.69) is 25.3 Å². The average Bonchev–Trinajstić information content (AvgIpc) is 3.33. The molecule has 8 heteroatoms. The van der Waals surface area contributed by atoms with Crippen molar-refractivity contribution in [1.82, 2.24) is 30.2 Å². The van der Waals surface area contributed by atoms with Crippen LogP contribution < -0.4 is 5.32 Å². The molecule has 27 heavy (non-hydrogen) atoms. The molecule has 0 spiro atoms. The quantitative estimate of drug-likeness (QED) is 0.648. The molecule has 8 nitrogen and oxygen atoms in total. The smallest absolute Gasteiger partial charge is 0.275 e. The lowest BCUT2D eigenvalue weighted by atomic mass is 10.1. The zero-order valence-corrected chi connectivity index (χ0v) is 14.9. The van der Waals surface area contributed by atoms with Crippen LogP contribution in [-0.2, 0) is 11.2 Å². The Balaban J connectivity index is 1.62. The fourth-order valence-corrected chi connectivity index (χ4v) is 3.30. The Kier molecular flexibility index (Phi) is 4.45. The molecule has 3 N–H and O–H groups in total. The molecule has 0 saturated carbocycles. The molecular formula is C19H20N6O2. The Labute approximate surface area is 156 Å². The summed E-state index contributed by atoms with van der Waals surface area (Å²) < 4.78 is 0. The number of carbonyl (C=O) groups excluding carboxylic acids is 2. The third kappa shape index (κ3) is 3.33. The first-order valence-corrected chi connectivity index (χ1v) is 8.81. The molecule has 0 unspecified atom stereocenters. The summed E-state index contributed by atoms with van der Waals surface area (Å²) in [6, 6.07) is 9.04. The van der Waals surface area contributed by atoms with Crippen LogP contribution in [0.4, 0.5) is 0 Å². The minimum Gasteiger partial charge on any atom is -0.353 e. The maximum atomic E-state index is 13.2. The molecule has 0 bridgehead atoms. The number of imidazole rings is 2. The highest BCUT2D eigenvalue weighted by atomic mass is 16.2. The number of benzene rings is 1. The van der Waals surface area contributed by atoms with Gasteiger partial charge in [0.05, 0.1) is 6.33 Å². The van der Waals surface area contributed by atoms with Crippen molar-refractivity contribution in [1.29, 1.82) is 0 Å². The largest absolute Gasteiger partial charge is 0.353 e. The fourth-order valence-electron chi connectivity index (χ4n) is 3.30. The molecule has 1 atom stereocenters. The summed E-state index contributed by atoms with van der Waals surface area (Å²) in [5.74, 6) is 0.231. The lowest BCUT2D eigenvalue weighted by Gasteiger charge is -2.34. The van der Waals surface area contributed by atoms with Gasteiger partial charge < -0.3 is 20.2 Å². The number of amides is 2. The highest BCUT2D eigenvalue weighted by molar-refractivity contribution is 5.98. The molecule has 0 radical (unpaired) electrons. The Morgan fingerprint density at radius 1 is 1.30 bits per heavy atom. The predicted molar refractivity (Wildman–Crippen MR) is 98.9 cm³/mol. The molecular weight excluding hydrogens is 344 g/mol. The van der Waals surface area contributed by atoms with E-state index in [9.17, 15) is 9.59 Å². The molecule has 2 aromatic heterocycles. The number of nitrogens with one attached hydrogen (secondary N) is 3. The monoisotopic (exact) mass is 364 g/mol. The Hall–Kier alpha value is -3.42. The Morgan fingerprint density at radius 2 is 2.11 bits per heavy atom. The molecule has 1 saturated heterocycles. The maximum absolute atomic E-state index is 13.2. The number of aromatic amines is 2. The third-order valence-electron chi connectivity index (χ3n) is 4.69. The molecule has 138 valence electrons. The van der Waals surface area contributed by atoms with Crippen LogP contribution in [0.3, 0.4) is 0 Å². The summed E-state index contributed by atoms with van der Waals surface area (Å²) in [6.07, 6.45) is 3.61. The fraction of sp³-hybridized carbons (Fsp3) is 0.263. The van der Waals surface area contributed by atoms with E-state index in [0.29, 0.717) is 36.7 Å². The van der Waals surface area contributed by atoms with E-state index in [1.54, 1.807) is 17.4 Å². The minimum atomic E-state index is -0.594. The van der Waals surface area contributed by atoms with Crippen molar-refractivity contribution in [2.45, 2.75) is 19.4 Å². The second-order valence-electron chi connectivity index (χ2n) is 6.51. The van der Waals surface area contributed by atoms with E-state index in [1.807, 2.05) is 37.3 Å². The first-order valence-electron chi connectivity index (χ1n) is 8.81. The van der Waals surface area contributed by atoms with E-state index in [0.717, 1.165) is 11.3 Å². The van der Waals surface area contributed by atoms with Crippen molar-refractivity contribution in [3.63, 3.8) is 0 Å². The van der Waals surface area contributed by atoms with Crippen molar-refractivity contribution in [2.24, 2.45) is 0 Å². The summed E-state index contributed by atoms with van der Waals surface area (Å²) in [5, 5.41) is 2.83. The topological polar surface area (TPSA) is 107 Å². The van der Waals surface area contributed by atoms with Crippen LogP contribution in [0.5, 0.6) is 0 Å². The van der Waals surface area contributed by atoms with E-state index < -0.39 is 6.04 Å². The average molecular weight is 364 g/mol. The van der Waals surface area contributed by atoms with E-state index in [4.69, 9.17) is 0 Å². The van der Waals surface area contributed by atoms with Crippen LogP contribution in [0.2, 0.25) is 0 Å². The van der Waals surface area contributed by atoms with Gasteiger partial charge in [-0.25, -0.2) is 9.97 Å². The van der Waals surface area contributed by atoms with Gasteiger partial charge in [0.25, 0.3) is 5.91 Å². The van der Waals surface area contributed by atoms with Gasteiger partial charge in [0.15, 0.2) is 0 Å². The molecule has 3 heterocycles. The number of hydrogen-bond acceptors (Lipinski definition) is 4. The second kappa shape index (κ2) is 7.06. The van der Waals surface area contributed by atoms with Crippen molar-refractivity contribution in [2.75, 3.05) is 13.1 Å². The van der Waals surface area contributed by atoms with Crippen molar-refractivity contribution in [3.05, 3.63) is 59.9 Å². The van der Waals surface area contributed by atoms with Crippen molar-refractivity contribution in [3.8, 4) is 11.4 Å². The lowest BCUT2D eigenvalue weighted by Crippen LogP contribution is -2.58. The van der Waals surface area contributed by atoms with Crippen LogP contribution in [0, 0.1) is 6.92 Å². The first kappa shape index (κ1) is 17.0. The predicted octanol–water partition coefficient (Wildman–Crippen LogP) is 1.29. The van der Waals surface area contributed by atoms with Crippen LogP contribution >= 0.6 is 0 Å². The van der Waals surface area contributed by atoms with E-state index >= 15 is 0 Å². The lowest BCUT2D eigenvalue weighted by molar-refractivity contribution is -0.127. The van der Waals surface area contributed by atoms with Gasteiger partial charge in [0, 0.05) is 42.7 Å².